The molecule has 0 saturated heterocycles. The van der Waals surface area contributed by atoms with Gasteiger partial charge < -0.3 is 4.74 Å². The molecule has 2 aromatic carbocycles. The predicted molar refractivity (Wildman–Crippen MR) is 117 cm³/mol. The zero-order chi connectivity index (χ0) is 20.9. The quantitative estimate of drug-likeness (QED) is 0.455. The summed E-state index contributed by atoms with van der Waals surface area (Å²) in [4.78, 5) is 0. The van der Waals surface area contributed by atoms with E-state index in [1.54, 1.807) is 0 Å². The van der Waals surface area contributed by atoms with Crippen LogP contribution in [0.4, 0.5) is 11.4 Å². The first-order valence-electron chi connectivity index (χ1n) is 10.6. The monoisotopic (exact) mass is 417 g/mol. The normalized spacial score (nSPS) is 13.0. The summed E-state index contributed by atoms with van der Waals surface area (Å²) in [5, 5.41) is 1.43. The van der Waals surface area contributed by atoms with Gasteiger partial charge >= 0.3 is 0 Å². The molecule has 3 rings (SSSR count). The molecule has 0 radical (unpaired) electrons. The smallest absolute Gasteiger partial charge is 0.288 e. The van der Waals surface area contributed by atoms with Gasteiger partial charge in [0.15, 0.2) is 11.5 Å². The van der Waals surface area contributed by atoms with Crippen molar-refractivity contribution in [2.45, 2.75) is 65.7 Å². The van der Waals surface area contributed by atoms with E-state index < -0.39 is 10.1 Å². The van der Waals surface area contributed by atoms with Gasteiger partial charge in [0, 0.05) is 0 Å². The van der Waals surface area contributed by atoms with Crippen molar-refractivity contribution in [1.29, 1.82) is 0 Å². The lowest BCUT2D eigenvalue weighted by Crippen LogP contribution is -2.27. The molecule has 0 bridgehead atoms. The topological polar surface area (TPSA) is 55.8 Å². The van der Waals surface area contributed by atoms with Crippen LogP contribution in [0.2, 0.25) is 0 Å². The fourth-order valence-electron chi connectivity index (χ4n) is 3.48. The van der Waals surface area contributed by atoms with Gasteiger partial charge in [-0.3, -0.25) is 0 Å². The SMILES string of the molecule is CCCCc1ccc2c(c1)Oc1c(CCCC)cccc1N2OS(=O)(=O)CCC. The van der Waals surface area contributed by atoms with Crippen molar-refractivity contribution in [2.24, 2.45) is 0 Å². The van der Waals surface area contributed by atoms with Crippen LogP contribution in [0, 0.1) is 0 Å². The van der Waals surface area contributed by atoms with Crippen molar-refractivity contribution in [1.82, 2.24) is 0 Å². The number of ether oxygens (including phenoxy) is 1. The van der Waals surface area contributed by atoms with Crippen LogP contribution in [0.15, 0.2) is 36.4 Å². The van der Waals surface area contributed by atoms with E-state index in [1.165, 1.54) is 10.6 Å². The summed E-state index contributed by atoms with van der Waals surface area (Å²) in [7, 11) is -3.70. The molecule has 0 saturated carbocycles. The minimum atomic E-state index is -3.70. The Balaban J connectivity index is 2.05. The molecule has 0 fully saturated rings. The van der Waals surface area contributed by atoms with E-state index >= 15 is 0 Å². The van der Waals surface area contributed by atoms with E-state index in [2.05, 4.69) is 13.8 Å². The van der Waals surface area contributed by atoms with E-state index in [-0.39, 0.29) is 5.75 Å². The van der Waals surface area contributed by atoms with Gasteiger partial charge in [0.1, 0.15) is 11.4 Å². The van der Waals surface area contributed by atoms with Crippen LogP contribution in [0.25, 0.3) is 0 Å². The van der Waals surface area contributed by atoms with E-state index in [9.17, 15) is 8.42 Å². The van der Waals surface area contributed by atoms with E-state index in [0.29, 0.717) is 29.3 Å². The second-order valence-electron chi connectivity index (χ2n) is 7.51. The molecule has 0 N–H and O–H groups in total. The summed E-state index contributed by atoms with van der Waals surface area (Å²) < 4.78 is 36.9. The number of hydrogen-bond donors (Lipinski definition) is 0. The van der Waals surface area contributed by atoms with Crippen molar-refractivity contribution >= 4 is 21.5 Å². The number of benzene rings is 2. The maximum absolute atomic E-state index is 12.5. The Hall–Kier alpha value is -2.05. The number of unbranched alkanes of at least 4 members (excludes halogenated alkanes) is 2. The third-order valence-corrected chi connectivity index (χ3v) is 6.29. The molecule has 0 atom stereocenters. The van der Waals surface area contributed by atoms with Gasteiger partial charge in [0.2, 0.25) is 0 Å². The van der Waals surface area contributed by atoms with Crippen LogP contribution in [0.5, 0.6) is 11.5 Å². The third-order valence-electron chi connectivity index (χ3n) is 5.01. The lowest BCUT2D eigenvalue weighted by molar-refractivity contribution is 0.307. The molecule has 29 heavy (non-hydrogen) atoms. The first-order valence-corrected chi connectivity index (χ1v) is 12.2. The number of aryl methyl sites for hydroxylation is 2. The molecule has 1 aliphatic rings. The number of nitrogens with zero attached hydrogens (tertiary/aromatic N) is 1. The fraction of sp³-hybridized carbons (Fsp3) is 0.478. The molecule has 0 spiro atoms. The summed E-state index contributed by atoms with van der Waals surface area (Å²) >= 11 is 0. The summed E-state index contributed by atoms with van der Waals surface area (Å²) in [6.45, 7) is 6.14. The molecule has 158 valence electrons. The molecule has 0 amide bonds. The molecule has 6 heteroatoms. The molecular weight excluding hydrogens is 386 g/mol. The molecule has 0 aromatic heterocycles. The Labute approximate surface area is 174 Å². The Morgan fingerprint density at radius 3 is 2.41 bits per heavy atom. The maximum Gasteiger partial charge on any atom is 0.288 e. The molecular formula is C23H31NO4S. The zero-order valence-electron chi connectivity index (χ0n) is 17.6. The van der Waals surface area contributed by atoms with Crippen molar-refractivity contribution in [3.8, 4) is 11.5 Å². The highest BCUT2D eigenvalue weighted by Gasteiger charge is 2.31. The minimum Gasteiger partial charge on any atom is -0.452 e. The molecule has 0 unspecified atom stereocenters. The maximum atomic E-state index is 12.5. The number of fused-ring (bicyclic) bond motifs is 2. The average Bonchev–Trinajstić information content (AvgIpc) is 2.70. The number of rotatable bonds is 10. The Bertz CT molecular complexity index is 940. The number of hydrogen-bond acceptors (Lipinski definition) is 5. The third kappa shape index (κ3) is 5.11. The molecule has 1 aliphatic heterocycles. The second kappa shape index (κ2) is 9.63. The van der Waals surface area contributed by atoms with E-state index in [4.69, 9.17) is 9.02 Å². The number of anilines is 2. The largest absolute Gasteiger partial charge is 0.452 e. The number of para-hydroxylation sites is 1. The fourth-order valence-corrected chi connectivity index (χ4v) is 4.44. The highest BCUT2D eigenvalue weighted by atomic mass is 32.2. The van der Waals surface area contributed by atoms with Gasteiger partial charge in [0.25, 0.3) is 10.1 Å². The van der Waals surface area contributed by atoms with Crippen LogP contribution in [0.3, 0.4) is 0 Å². The summed E-state index contributed by atoms with van der Waals surface area (Å²) in [5.41, 5.74) is 3.49. The standard InChI is InChI=1S/C23H31NO4S/c1-4-7-10-18-14-15-20-22(17-18)27-23-19(11-8-5-2)12-9-13-21(23)24(20)28-29(25,26)16-6-3/h9,12-15,17H,4-8,10-11,16H2,1-3H3. The van der Waals surface area contributed by atoms with Gasteiger partial charge in [0.05, 0.1) is 5.75 Å². The van der Waals surface area contributed by atoms with Gasteiger partial charge in [-0.05, 0) is 61.4 Å². The van der Waals surface area contributed by atoms with Crippen LogP contribution >= 0.6 is 0 Å². The average molecular weight is 418 g/mol. The van der Waals surface area contributed by atoms with Crippen LogP contribution in [-0.2, 0) is 27.2 Å². The first-order chi connectivity index (χ1) is 14.0. The zero-order valence-corrected chi connectivity index (χ0v) is 18.4. The first kappa shape index (κ1) is 21.7. The van der Waals surface area contributed by atoms with E-state index in [1.807, 2.05) is 43.3 Å². The summed E-state index contributed by atoms with van der Waals surface area (Å²) in [5.74, 6) is 1.30. The van der Waals surface area contributed by atoms with Crippen molar-refractivity contribution < 1.29 is 17.4 Å². The van der Waals surface area contributed by atoms with Gasteiger partial charge in [-0.25, -0.2) is 0 Å². The highest BCUT2D eigenvalue weighted by Crippen LogP contribution is 2.49. The van der Waals surface area contributed by atoms with Crippen LogP contribution in [-0.4, -0.2) is 14.2 Å². The van der Waals surface area contributed by atoms with E-state index in [0.717, 1.165) is 44.1 Å². The minimum absolute atomic E-state index is 0.0286. The molecule has 2 aromatic rings. The van der Waals surface area contributed by atoms with Crippen molar-refractivity contribution in [3.63, 3.8) is 0 Å². The Kier molecular flexibility index (Phi) is 7.19. The predicted octanol–water partition coefficient (Wildman–Crippen LogP) is 6.29. The lowest BCUT2D eigenvalue weighted by atomic mass is 10.0. The highest BCUT2D eigenvalue weighted by molar-refractivity contribution is 7.86. The van der Waals surface area contributed by atoms with Crippen LogP contribution < -0.4 is 9.80 Å². The summed E-state index contributed by atoms with van der Waals surface area (Å²) in [6.07, 6.45) is 6.67. The Morgan fingerprint density at radius 1 is 0.931 bits per heavy atom. The summed E-state index contributed by atoms with van der Waals surface area (Å²) in [6, 6.07) is 11.7. The second-order valence-corrected chi connectivity index (χ2v) is 9.18. The lowest BCUT2D eigenvalue weighted by Gasteiger charge is -2.32. The molecule has 0 aliphatic carbocycles. The van der Waals surface area contributed by atoms with Gasteiger partial charge in [-0.15, -0.1) is 4.28 Å². The van der Waals surface area contributed by atoms with Crippen LogP contribution in [0.1, 0.15) is 64.0 Å². The van der Waals surface area contributed by atoms with Crippen molar-refractivity contribution in [2.75, 3.05) is 10.8 Å². The van der Waals surface area contributed by atoms with Gasteiger partial charge in [-0.1, -0.05) is 51.8 Å². The molecule has 1 heterocycles. The Morgan fingerprint density at radius 2 is 1.69 bits per heavy atom. The molecule has 5 nitrogen and oxygen atoms in total. The van der Waals surface area contributed by atoms with Crippen molar-refractivity contribution in [3.05, 3.63) is 47.5 Å². The van der Waals surface area contributed by atoms with Gasteiger partial charge in [-0.2, -0.15) is 13.5 Å².